The summed E-state index contributed by atoms with van der Waals surface area (Å²) in [6.45, 7) is 0. The molecule has 0 N–H and O–H groups in total. The molecule has 2 aliphatic rings. The summed E-state index contributed by atoms with van der Waals surface area (Å²) < 4.78 is 41.3. The Hall–Kier alpha value is -2.88. The van der Waals surface area contributed by atoms with Gasteiger partial charge in [-0.1, -0.05) is 30.3 Å². The maximum atomic E-state index is 13.4. The van der Waals surface area contributed by atoms with Crippen LogP contribution in [0.3, 0.4) is 0 Å². The Bertz CT molecular complexity index is 1020. The van der Waals surface area contributed by atoms with Gasteiger partial charge in [-0.3, -0.25) is 4.79 Å². The Morgan fingerprint density at radius 1 is 1.19 bits per heavy atom. The molecule has 0 saturated heterocycles. The van der Waals surface area contributed by atoms with Gasteiger partial charge in [-0.05, 0) is 43.6 Å². The first-order chi connectivity index (χ1) is 12.9. The fourth-order valence-corrected chi connectivity index (χ4v) is 4.12. The van der Waals surface area contributed by atoms with E-state index in [9.17, 15) is 23.2 Å². The molecule has 2 fully saturated rings. The van der Waals surface area contributed by atoms with Crippen molar-refractivity contribution in [1.82, 2.24) is 4.68 Å². The molecule has 138 valence electrons. The number of rotatable bonds is 2. The molecule has 4 nitrogen and oxygen atoms in total. The third-order valence-electron chi connectivity index (χ3n) is 5.41. The molecule has 2 saturated carbocycles. The molecule has 1 heterocycles. The summed E-state index contributed by atoms with van der Waals surface area (Å²) in [6.07, 6.45) is -0.911. The maximum Gasteiger partial charge on any atom is 0.417 e. The van der Waals surface area contributed by atoms with Crippen molar-refractivity contribution in [2.75, 3.05) is 0 Å². The Morgan fingerprint density at radius 2 is 1.93 bits per heavy atom. The summed E-state index contributed by atoms with van der Waals surface area (Å²) in [5.41, 5.74) is -1.84. The summed E-state index contributed by atoms with van der Waals surface area (Å²) in [5, 5.41) is 13.7. The maximum absolute atomic E-state index is 13.4. The number of aromatic nitrogens is 1. The predicted octanol–water partition coefficient (Wildman–Crippen LogP) is 4.43. The SMILES string of the molecule is N#Cc1c(C(F)(F)F)cc(-c2ccccc2)n(/N=C2\CC3CCC2C3)c1=O. The minimum atomic E-state index is -4.80. The molecule has 4 rings (SSSR count). The Morgan fingerprint density at radius 3 is 2.48 bits per heavy atom. The summed E-state index contributed by atoms with van der Waals surface area (Å²) >= 11 is 0. The van der Waals surface area contributed by atoms with Crippen molar-refractivity contribution in [3.8, 4) is 17.3 Å². The second-order valence-electron chi connectivity index (χ2n) is 7.08. The molecule has 0 radical (unpaired) electrons. The molecule has 2 bridgehead atoms. The third-order valence-corrected chi connectivity index (χ3v) is 5.41. The lowest BCUT2D eigenvalue weighted by Gasteiger charge is -2.17. The van der Waals surface area contributed by atoms with Gasteiger partial charge in [-0.2, -0.15) is 28.2 Å². The highest BCUT2D eigenvalue weighted by Gasteiger charge is 2.39. The van der Waals surface area contributed by atoms with E-state index < -0.39 is 22.9 Å². The fraction of sp³-hybridized carbons (Fsp3) is 0.350. The van der Waals surface area contributed by atoms with Gasteiger partial charge in [-0.25, -0.2) is 0 Å². The quantitative estimate of drug-likeness (QED) is 0.784. The van der Waals surface area contributed by atoms with E-state index >= 15 is 0 Å². The predicted molar refractivity (Wildman–Crippen MR) is 94.1 cm³/mol. The lowest BCUT2D eigenvalue weighted by molar-refractivity contribution is -0.137. The van der Waals surface area contributed by atoms with Crippen LogP contribution in [0.5, 0.6) is 0 Å². The number of alkyl halides is 3. The van der Waals surface area contributed by atoms with Gasteiger partial charge >= 0.3 is 6.18 Å². The molecule has 0 spiro atoms. The Balaban J connectivity index is 1.98. The Labute approximate surface area is 153 Å². The number of halogens is 3. The molecule has 2 unspecified atom stereocenters. The molecule has 1 aromatic heterocycles. The summed E-state index contributed by atoms with van der Waals surface area (Å²) in [7, 11) is 0. The van der Waals surface area contributed by atoms with Crippen molar-refractivity contribution in [1.29, 1.82) is 5.26 Å². The second-order valence-corrected chi connectivity index (χ2v) is 7.08. The van der Waals surface area contributed by atoms with Crippen LogP contribution in [0.25, 0.3) is 11.3 Å². The van der Waals surface area contributed by atoms with E-state index in [2.05, 4.69) is 5.10 Å². The van der Waals surface area contributed by atoms with Gasteiger partial charge in [0.05, 0.1) is 11.3 Å². The average molecular weight is 371 g/mol. The molecule has 2 atom stereocenters. The molecule has 2 aliphatic carbocycles. The van der Waals surface area contributed by atoms with Crippen LogP contribution in [0, 0.1) is 23.2 Å². The summed E-state index contributed by atoms with van der Waals surface area (Å²) in [6, 6.07) is 10.6. The standard InChI is InChI=1S/C20H16F3N3O/c21-20(22,23)16-10-18(13-4-2-1-3-5-13)26(19(27)15(16)11-24)25-17-9-12-6-7-14(17)8-12/h1-5,10,12,14H,6-9H2/b25-17+. The van der Waals surface area contributed by atoms with E-state index in [1.807, 2.05) is 0 Å². The molecule has 27 heavy (non-hydrogen) atoms. The van der Waals surface area contributed by atoms with Gasteiger partial charge in [0.15, 0.2) is 0 Å². The molecule has 1 aromatic carbocycles. The zero-order chi connectivity index (χ0) is 19.2. The van der Waals surface area contributed by atoms with Gasteiger partial charge < -0.3 is 0 Å². The van der Waals surface area contributed by atoms with Crippen LogP contribution in [-0.2, 0) is 6.18 Å². The van der Waals surface area contributed by atoms with Crippen molar-refractivity contribution in [3.63, 3.8) is 0 Å². The van der Waals surface area contributed by atoms with E-state index in [1.165, 1.54) is 6.07 Å². The van der Waals surface area contributed by atoms with Gasteiger partial charge in [0.2, 0.25) is 0 Å². The van der Waals surface area contributed by atoms with E-state index in [0.29, 0.717) is 11.5 Å². The number of hydrogen-bond acceptors (Lipinski definition) is 3. The molecule has 0 amide bonds. The van der Waals surface area contributed by atoms with Gasteiger partial charge in [0, 0.05) is 11.3 Å². The van der Waals surface area contributed by atoms with Gasteiger partial charge in [0.1, 0.15) is 11.6 Å². The van der Waals surface area contributed by atoms with Crippen LogP contribution >= 0.6 is 0 Å². The fourth-order valence-electron chi connectivity index (χ4n) is 4.12. The monoisotopic (exact) mass is 371 g/mol. The van der Waals surface area contributed by atoms with Gasteiger partial charge in [-0.15, -0.1) is 0 Å². The minimum Gasteiger partial charge on any atom is -0.266 e. The minimum absolute atomic E-state index is 0.0437. The second kappa shape index (κ2) is 6.38. The van der Waals surface area contributed by atoms with E-state index in [-0.39, 0.29) is 11.6 Å². The van der Waals surface area contributed by atoms with Crippen LogP contribution in [0.4, 0.5) is 13.2 Å². The lowest BCUT2D eigenvalue weighted by atomic mass is 9.99. The number of benzene rings is 1. The third kappa shape index (κ3) is 3.05. The number of fused-ring (bicyclic) bond motifs is 2. The van der Waals surface area contributed by atoms with Crippen LogP contribution in [-0.4, -0.2) is 10.4 Å². The number of nitriles is 1. The Kier molecular flexibility index (Phi) is 4.14. The number of pyridine rings is 1. The number of hydrogen-bond donors (Lipinski definition) is 0. The molecule has 0 aliphatic heterocycles. The van der Waals surface area contributed by atoms with E-state index in [1.54, 1.807) is 30.3 Å². The largest absolute Gasteiger partial charge is 0.417 e. The molecule has 2 aromatic rings. The van der Waals surface area contributed by atoms with Crippen molar-refractivity contribution < 1.29 is 13.2 Å². The molecular formula is C20H16F3N3O. The van der Waals surface area contributed by atoms with Crippen LogP contribution < -0.4 is 5.56 Å². The zero-order valence-electron chi connectivity index (χ0n) is 14.3. The first-order valence-corrected chi connectivity index (χ1v) is 8.79. The van der Waals surface area contributed by atoms with Crippen molar-refractivity contribution >= 4 is 5.71 Å². The highest BCUT2D eigenvalue weighted by atomic mass is 19.4. The lowest BCUT2D eigenvalue weighted by Crippen LogP contribution is -2.27. The van der Waals surface area contributed by atoms with E-state index in [0.717, 1.165) is 42.1 Å². The first kappa shape index (κ1) is 17.5. The van der Waals surface area contributed by atoms with Crippen molar-refractivity contribution in [2.45, 2.75) is 31.9 Å². The first-order valence-electron chi connectivity index (χ1n) is 8.79. The number of nitrogens with zero attached hydrogens (tertiary/aromatic N) is 3. The normalized spacial score (nSPS) is 23.0. The van der Waals surface area contributed by atoms with Crippen LogP contribution in [0.1, 0.15) is 36.8 Å². The molecule has 7 heteroatoms. The smallest absolute Gasteiger partial charge is 0.266 e. The highest BCUT2D eigenvalue weighted by Crippen LogP contribution is 2.43. The summed E-state index contributed by atoms with van der Waals surface area (Å²) in [4.78, 5) is 12.8. The van der Waals surface area contributed by atoms with Crippen LogP contribution in [0.2, 0.25) is 0 Å². The van der Waals surface area contributed by atoms with Crippen molar-refractivity contribution in [3.05, 3.63) is 57.9 Å². The summed E-state index contributed by atoms with van der Waals surface area (Å²) in [5.74, 6) is 0.813. The average Bonchev–Trinajstić information content (AvgIpc) is 3.26. The van der Waals surface area contributed by atoms with Crippen molar-refractivity contribution in [2.24, 2.45) is 16.9 Å². The topological polar surface area (TPSA) is 58.1 Å². The van der Waals surface area contributed by atoms with E-state index in [4.69, 9.17) is 0 Å². The highest BCUT2D eigenvalue weighted by molar-refractivity contribution is 5.90. The van der Waals surface area contributed by atoms with Gasteiger partial charge in [0.25, 0.3) is 5.56 Å². The zero-order valence-corrected chi connectivity index (χ0v) is 14.3. The van der Waals surface area contributed by atoms with Crippen LogP contribution in [0.15, 0.2) is 46.3 Å². The molecular weight excluding hydrogens is 355 g/mol.